The van der Waals surface area contributed by atoms with Crippen molar-refractivity contribution in [3.05, 3.63) is 41.2 Å². The van der Waals surface area contributed by atoms with Crippen LogP contribution in [0.25, 0.3) is 5.69 Å². The van der Waals surface area contributed by atoms with Gasteiger partial charge in [0, 0.05) is 18.6 Å². The van der Waals surface area contributed by atoms with Gasteiger partial charge in [-0.15, -0.1) is 0 Å². The standard InChI is InChI=1S/C17H20ClN5O/c1-12(17(24)22(3)9-5-8-19)21-16-11-20-23(13(16)2)15-7-4-6-14(18)10-15/h4,6-7,10-12,21H,5,9H2,1-3H3/t12-/m1/s1. The summed E-state index contributed by atoms with van der Waals surface area (Å²) in [5.41, 5.74) is 2.53. The molecule has 0 unspecified atom stereocenters. The van der Waals surface area contributed by atoms with Crippen LogP contribution in [0.4, 0.5) is 5.69 Å². The van der Waals surface area contributed by atoms with Crippen molar-refractivity contribution < 1.29 is 4.79 Å². The molecule has 0 fully saturated rings. The Morgan fingerprint density at radius 2 is 2.29 bits per heavy atom. The first kappa shape index (κ1) is 17.8. The van der Waals surface area contributed by atoms with Gasteiger partial charge in [-0.2, -0.15) is 10.4 Å². The van der Waals surface area contributed by atoms with Crippen LogP contribution in [0, 0.1) is 18.3 Å². The molecule has 0 bridgehead atoms. The first-order valence-corrected chi connectivity index (χ1v) is 8.01. The Kier molecular flexibility index (Phi) is 5.83. The maximum atomic E-state index is 12.3. The number of benzene rings is 1. The van der Waals surface area contributed by atoms with Crippen molar-refractivity contribution in [2.75, 3.05) is 18.9 Å². The molecule has 1 amide bonds. The summed E-state index contributed by atoms with van der Waals surface area (Å²) in [7, 11) is 1.69. The molecule has 2 aromatic rings. The smallest absolute Gasteiger partial charge is 0.244 e. The molecular weight excluding hydrogens is 326 g/mol. The van der Waals surface area contributed by atoms with Gasteiger partial charge in [0.25, 0.3) is 0 Å². The van der Waals surface area contributed by atoms with Gasteiger partial charge in [-0.3, -0.25) is 4.79 Å². The summed E-state index contributed by atoms with van der Waals surface area (Å²) in [4.78, 5) is 13.8. The van der Waals surface area contributed by atoms with E-state index in [2.05, 4.69) is 10.4 Å². The van der Waals surface area contributed by atoms with E-state index in [0.29, 0.717) is 18.0 Å². The number of anilines is 1. The Labute approximate surface area is 146 Å². The van der Waals surface area contributed by atoms with E-state index in [0.717, 1.165) is 17.1 Å². The third-order valence-electron chi connectivity index (χ3n) is 3.74. The molecular formula is C17H20ClN5O. The SMILES string of the molecule is Cc1c(N[C@H](C)C(=O)N(C)CCC#N)cnn1-c1cccc(Cl)c1. The fourth-order valence-corrected chi connectivity index (χ4v) is 2.56. The van der Waals surface area contributed by atoms with E-state index in [1.54, 1.807) is 35.8 Å². The fourth-order valence-electron chi connectivity index (χ4n) is 2.37. The number of likely N-dealkylation sites (N-methyl/N-ethyl adjacent to an activating group) is 1. The average molecular weight is 346 g/mol. The van der Waals surface area contributed by atoms with Crippen LogP contribution >= 0.6 is 11.6 Å². The van der Waals surface area contributed by atoms with E-state index in [-0.39, 0.29) is 5.91 Å². The lowest BCUT2D eigenvalue weighted by atomic mass is 10.2. The first-order chi connectivity index (χ1) is 11.4. The number of nitrogens with zero attached hydrogens (tertiary/aromatic N) is 4. The normalized spacial score (nSPS) is 11.6. The number of halogens is 1. The number of hydrogen-bond donors (Lipinski definition) is 1. The molecule has 0 aliphatic heterocycles. The van der Waals surface area contributed by atoms with Gasteiger partial charge in [0.05, 0.1) is 35.8 Å². The van der Waals surface area contributed by atoms with E-state index >= 15 is 0 Å². The molecule has 2 rings (SSSR count). The summed E-state index contributed by atoms with van der Waals surface area (Å²) in [5, 5.41) is 16.8. The van der Waals surface area contributed by atoms with Crippen LogP contribution in [0.3, 0.4) is 0 Å². The molecule has 0 aliphatic carbocycles. The number of hydrogen-bond acceptors (Lipinski definition) is 4. The molecule has 0 saturated carbocycles. The van der Waals surface area contributed by atoms with Crippen molar-refractivity contribution >= 4 is 23.2 Å². The number of rotatable bonds is 6. The maximum absolute atomic E-state index is 12.3. The lowest BCUT2D eigenvalue weighted by Crippen LogP contribution is -2.39. The van der Waals surface area contributed by atoms with Crippen molar-refractivity contribution in [2.45, 2.75) is 26.3 Å². The summed E-state index contributed by atoms with van der Waals surface area (Å²) < 4.78 is 1.77. The van der Waals surface area contributed by atoms with E-state index in [4.69, 9.17) is 16.9 Å². The largest absolute Gasteiger partial charge is 0.371 e. The second-order valence-corrected chi connectivity index (χ2v) is 6.01. The Morgan fingerprint density at radius 1 is 1.54 bits per heavy atom. The molecule has 0 spiro atoms. The zero-order valence-electron chi connectivity index (χ0n) is 14.0. The molecule has 1 N–H and O–H groups in total. The number of nitrogens with one attached hydrogen (secondary N) is 1. The molecule has 0 saturated heterocycles. The minimum absolute atomic E-state index is 0.0693. The van der Waals surface area contributed by atoms with Crippen LogP contribution in [0.15, 0.2) is 30.5 Å². The van der Waals surface area contributed by atoms with Gasteiger partial charge >= 0.3 is 0 Å². The second kappa shape index (κ2) is 7.84. The van der Waals surface area contributed by atoms with Crippen LogP contribution in [-0.2, 0) is 4.79 Å². The zero-order chi connectivity index (χ0) is 17.7. The lowest BCUT2D eigenvalue weighted by Gasteiger charge is -2.21. The van der Waals surface area contributed by atoms with E-state index in [9.17, 15) is 4.79 Å². The molecule has 7 heteroatoms. The highest BCUT2D eigenvalue weighted by molar-refractivity contribution is 6.30. The highest BCUT2D eigenvalue weighted by atomic mass is 35.5. The highest BCUT2D eigenvalue weighted by Crippen LogP contribution is 2.21. The lowest BCUT2D eigenvalue weighted by molar-refractivity contribution is -0.130. The van der Waals surface area contributed by atoms with Crippen molar-refractivity contribution in [3.8, 4) is 11.8 Å². The predicted octanol–water partition coefficient (Wildman–Crippen LogP) is 3.01. The highest BCUT2D eigenvalue weighted by Gasteiger charge is 2.19. The second-order valence-electron chi connectivity index (χ2n) is 5.57. The number of aromatic nitrogens is 2. The summed E-state index contributed by atoms with van der Waals surface area (Å²) in [6.45, 7) is 4.14. The maximum Gasteiger partial charge on any atom is 0.244 e. The van der Waals surface area contributed by atoms with E-state index < -0.39 is 6.04 Å². The van der Waals surface area contributed by atoms with Crippen LogP contribution in [0.1, 0.15) is 19.0 Å². The molecule has 1 atom stereocenters. The van der Waals surface area contributed by atoms with Crippen LogP contribution < -0.4 is 5.32 Å². The number of carbonyl (C=O) groups excluding carboxylic acids is 1. The van der Waals surface area contributed by atoms with Gasteiger partial charge in [-0.05, 0) is 32.0 Å². The summed E-state index contributed by atoms with van der Waals surface area (Å²) in [6.07, 6.45) is 2.01. The molecule has 0 radical (unpaired) electrons. The Morgan fingerprint density at radius 3 is 2.96 bits per heavy atom. The van der Waals surface area contributed by atoms with Gasteiger partial charge < -0.3 is 10.2 Å². The summed E-state index contributed by atoms with van der Waals surface area (Å²) in [5.74, 6) is -0.0693. The third-order valence-corrected chi connectivity index (χ3v) is 3.98. The summed E-state index contributed by atoms with van der Waals surface area (Å²) >= 11 is 6.03. The van der Waals surface area contributed by atoms with Crippen molar-refractivity contribution in [2.24, 2.45) is 0 Å². The van der Waals surface area contributed by atoms with Crippen LogP contribution in [0.5, 0.6) is 0 Å². The molecule has 1 aromatic heterocycles. The summed E-state index contributed by atoms with van der Waals surface area (Å²) in [6, 6.07) is 9.04. The monoisotopic (exact) mass is 345 g/mol. The molecule has 6 nitrogen and oxygen atoms in total. The first-order valence-electron chi connectivity index (χ1n) is 7.63. The fraction of sp³-hybridized carbons (Fsp3) is 0.353. The van der Waals surface area contributed by atoms with Gasteiger partial charge in [-0.25, -0.2) is 4.68 Å². The number of amides is 1. The minimum Gasteiger partial charge on any atom is -0.371 e. The molecule has 0 aliphatic rings. The van der Waals surface area contributed by atoms with E-state index in [1.807, 2.05) is 31.2 Å². The third kappa shape index (κ3) is 4.06. The van der Waals surface area contributed by atoms with Gasteiger partial charge in [0.2, 0.25) is 5.91 Å². The Hall–Kier alpha value is -2.52. The van der Waals surface area contributed by atoms with Crippen molar-refractivity contribution in [1.82, 2.24) is 14.7 Å². The van der Waals surface area contributed by atoms with Gasteiger partial charge in [-0.1, -0.05) is 17.7 Å². The Balaban J connectivity index is 2.11. The van der Waals surface area contributed by atoms with E-state index in [1.165, 1.54) is 0 Å². The minimum atomic E-state index is -0.413. The molecule has 24 heavy (non-hydrogen) atoms. The Bertz CT molecular complexity index is 765. The predicted molar refractivity (Wildman–Crippen MR) is 94.3 cm³/mol. The number of carbonyl (C=O) groups is 1. The molecule has 1 heterocycles. The zero-order valence-corrected chi connectivity index (χ0v) is 14.7. The molecule has 1 aromatic carbocycles. The van der Waals surface area contributed by atoms with Crippen LogP contribution in [0.2, 0.25) is 5.02 Å². The van der Waals surface area contributed by atoms with Gasteiger partial charge in [0.1, 0.15) is 6.04 Å². The van der Waals surface area contributed by atoms with Crippen molar-refractivity contribution in [1.29, 1.82) is 5.26 Å². The molecule has 126 valence electrons. The topological polar surface area (TPSA) is 74.0 Å². The van der Waals surface area contributed by atoms with Gasteiger partial charge in [0.15, 0.2) is 0 Å². The van der Waals surface area contributed by atoms with Crippen molar-refractivity contribution in [3.63, 3.8) is 0 Å². The number of nitriles is 1. The average Bonchev–Trinajstić information content (AvgIpc) is 2.92. The quantitative estimate of drug-likeness (QED) is 0.873. The van der Waals surface area contributed by atoms with Crippen LogP contribution in [-0.4, -0.2) is 40.2 Å².